The molecule has 0 atom stereocenters. The molecule has 1 aliphatic heterocycles. The van der Waals surface area contributed by atoms with Gasteiger partial charge in [0.15, 0.2) is 14.6 Å². The molecule has 0 aliphatic carbocycles. The van der Waals surface area contributed by atoms with Gasteiger partial charge in [-0.3, -0.25) is 4.79 Å². The van der Waals surface area contributed by atoms with E-state index in [2.05, 4.69) is 38.3 Å². The van der Waals surface area contributed by atoms with Gasteiger partial charge in [-0.1, -0.05) is 27.7 Å². The minimum atomic E-state index is -3.43. The van der Waals surface area contributed by atoms with Gasteiger partial charge in [0.05, 0.1) is 0 Å². The van der Waals surface area contributed by atoms with Crippen molar-refractivity contribution < 1.29 is 13.2 Å². The zero-order valence-corrected chi connectivity index (χ0v) is 14.8. The van der Waals surface area contributed by atoms with Crippen LogP contribution in [0.25, 0.3) is 0 Å². The van der Waals surface area contributed by atoms with Crippen LogP contribution in [0.1, 0.15) is 47.0 Å². The molecule has 1 heterocycles. The highest BCUT2D eigenvalue weighted by Crippen LogP contribution is 2.29. The fraction of sp³-hybridized carbons (Fsp3) is 0.933. The summed E-state index contributed by atoms with van der Waals surface area (Å²) in [7, 11) is -3.43. The highest BCUT2D eigenvalue weighted by molar-refractivity contribution is 7.92. The summed E-state index contributed by atoms with van der Waals surface area (Å²) in [6.45, 7) is 10.1. The second-order valence-electron chi connectivity index (χ2n) is 7.46. The Bertz CT molecular complexity index is 463. The molecule has 1 aliphatic rings. The Hall–Kier alpha value is -0.620. The summed E-state index contributed by atoms with van der Waals surface area (Å²) in [5, 5.41) is 6.02. The number of rotatable bonds is 6. The smallest absolute Gasteiger partial charge is 0.241 e. The van der Waals surface area contributed by atoms with E-state index < -0.39 is 14.6 Å². The lowest BCUT2D eigenvalue weighted by Gasteiger charge is -2.36. The first kappa shape index (κ1) is 18.4. The van der Waals surface area contributed by atoms with E-state index in [9.17, 15) is 13.2 Å². The van der Waals surface area contributed by atoms with E-state index in [0.29, 0.717) is 38.4 Å². The summed E-state index contributed by atoms with van der Waals surface area (Å²) in [5.41, 5.74) is -0.0323. The van der Waals surface area contributed by atoms with Crippen molar-refractivity contribution >= 4 is 15.7 Å². The summed E-state index contributed by atoms with van der Waals surface area (Å²) in [4.78, 5) is 12.6. The fourth-order valence-corrected chi connectivity index (χ4v) is 4.61. The first-order valence-electron chi connectivity index (χ1n) is 7.69. The highest BCUT2D eigenvalue weighted by Gasteiger charge is 2.48. The topological polar surface area (TPSA) is 75.3 Å². The third-order valence-corrected chi connectivity index (χ3v) is 6.24. The monoisotopic (exact) mass is 318 g/mol. The van der Waals surface area contributed by atoms with Gasteiger partial charge < -0.3 is 10.6 Å². The molecule has 0 aromatic carbocycles. The molecule has 1 amide bonds. The molecule has 0 aromatic heterocycles. The Morgan fingerprint density at radius 2 is 1.81 bits per heavy atom. The van der Waals surface area contributed by atoms with Crippen molar-refractivity contribution in [1.29, 1.82) is 0 Å². The maximum atomic E-state index is 12.6. The number of carbonyl (C=O) groups excluding carboxylic acids is 1. The molecule has 0 aromatic rings. The van der Waals surface area contributed by atoms with E-state index in [1.807, 2.05) is 0 Å². The molecule has 0 spiro atoms. The van der Waals surface area contributed by atoms with Crippen LogP contribution in [-0.4, -0.2) is 45.0 Å². The summed E-state index contributed by atoms with van der Waals surface area (Å²) >= 11 is 0. The van der Waals surface area contributed by atoms with Gasteiger partial charge in [-0.05, 0) is 43.7 Å². The summed E-state index contributed by atoms with van der Waals surface area (Å²) in [5.74, 6) is 0.211. The normalized spacial score (nSPS) is 19.5. The van der Waals surface area contributed by atoms with Gasteiger partial charge >= 0.3 is 0 Å². The Balaban J connectivity index is 2.80. The minimum absolute atomic E-state index is 0.0323. The number of sulfone groups is 1. The van der Waals surface area contributed by atoms with E-state index in [1.165, 1.54) is 6.26 Å². The van der Waals surface area contributed by atoms with Gasteiger partial charge in [-0.2, -0.15) is 0 Å². The third-order valence-electron chi connectivity index (χ3n) is 4.22. The zero-order valence-electron chi connectivity index (χ0n) is 14.0. The molecule has 1 fully saturated rings. The SMILES string of the molecule is CC(C)CC(C)(C)CNC(=O)C1(S(C)(=O)=O)CCNCC1. The van der Waals surface area contributed by atoms with Gasteiger partial charge in [0.25, 0.3) is 0 Å². The van der Waals surface area contributed by atoms with Gasteiger partial charge in [0.2, 0.25) is 5.91 Å². The van der Waals surface area contributed by atoms with E-state index >= 15 is 0 Å². The molecule has 6 heteroatoms. The van der Waals surface area contributed by atoms with Crippen molar-refractivity contribution in [2.24, 2.45) is 11.3 Å². The largest absolute Gasteiger partial charge is 0.354 e. The predicted octanol–water partition coefficient (Wildman–Crippen LogP) is 1.34. The molecule has 124 valence electrons. The van der Waals surface area contributed by atoms with Crippen molar-refractivity contribution in [3.05, 3.63) is 0 Å². The Morgan fingerprint density at radius 3 is 2.24 bits per heavy atom. The average molecular weight is 318 g/mol. The van der Waals surface area contributed by atoms with E-state index in [1.54, 1.807) is 0 Å². The number of carbonyl (C=O) groups is 1. The number of hydrogen-bond donors (Lipinski definition) is 2. The van der Waals surface area contributed by atoms with Crippen LogP contribution in [-0.2, 0) is 14.6 Å². The van der Waals surface area contributed by atoms with Crippen molar-refractivity contribution in [3.8, 4) is 0 Å². The maximum Gasteiger partial charge on any atom is 0.241 e. The Kier molecular flexibility index (Phi) is 5.83. The molecule has 2 N–H and O–H groups in total. The lowest BCUT2D eigenvalue weighted by atomic mass is 9.83. The first-order valence-corrected chi connectivity index (χ1v) is 9.58. The summed E-state index contributed by atoms with van der Waals surface area (Å²) in [6.07, 6.45) is 2.86. The second kappa shape index (κ2) is 6.65. The quantitative estimate of drug-likeness (QED) is 0.775. The van der Waals surface area contributed by atoms with Gasteiger partial charge in [-0.25, -0.2) is 8.42 Å². The Morgan fingerprint density at radius 1 is 1.29 bits per heavy atom. The summed E-state index contributed by atoms with van der Waals surface area (Å²) in [6, 6.07) is 0. The van der Waals surface area contributed by atoms with Crippen LogP contribution in [0, 0.1) is 11.3 Å². The van der Waals surface area contributed by atoms with Crippen LogP contribution < -0.4 is 10.6 Å². The van der Waals surface area contributed by atoms with Gasteiger partial charge in [0, 0.05) is 12.8 Å². The van der Waals surface area contributed by atoms with Crippen molar-refractivity contribution in [1.82, 2.24) is 10.6 Å². The van der Waals surface area contributed by atoms with Gasteiger partial charge in [0.1, 0.15) is 0 Å². The molecule has 5 nitrogen and oxygen atoms in total. The highest BCUT2D eigenvalue weighted by atomic mass is 32.2. The van der Waals surface area contributed by atoms with Crippen LogP contribution in [0.15, 0.2) is 0 Å². The van der Waals surface area contributed by atoms with E-state index in [-0.39, 0.29) is 11.3 Å². The van der Waals surface area contributed by atoms with Crippen LogP contribution in [0.4, 0.5) is 0 Å². The number of nitrogens with one attached hydrogen (secondary N) is 2. The van der Waals surface area contributed by atoms with Crippen LogP contribution in [0.5, 0.6) is 0 Å². The fourth-order valence-electron chi connectivity index (χ4n) is 3.25. The van der Waals surface area contributed by atoms with E-state index in [0.717, 1.165) is 6.42 Å². The summed E-state index contributed by atoms with van der Waals surface area (Å²) < 4.78 is 23.1. The molecule has 0 radical (unpaired) electrons. The average Bonchev–Trinajstić information content (AvgIpc) is 2.34. The molecular formula is C15H30N2O3S. The maximum absolute atomic E-state index is 12.6. The van der Waals surface area contributed by atoms with Crippen LogP contribution >= 0.6 is 0 Å². The second-order valence-corrected chi connectivity index (χ2v) is 9.79. The third kappa shape index (κ3) is 4.68. The lowest BCUT2D eigenvalue weighted by Crippen LogP contribution is -2.58. The van der Waals surface area contributed by atoms with Crippen molar-refractivity contribution in [2.75, 3.05) is 25.9 Å². The Labute approximate surface area is 129 Å². The van der Waals surface area contributed by atoms with Crippen molar-refractivity contribution in [3.63, 3.8) is 0 Å². The number of amides is 1. The predicted molar refractivity (Wildman–Crippen MR) is 85.9 cm³/mol. The molecule has 1 saturated heterocycles. The molecule has 0 unspecified atom stereocenters. The molecule has 0 bridgehead atoms. The standard InChI is InChI=1S/C15H30N2O3S/c1-12(2)10-14(3,4)11-17-13(18)15(21(5,19)20)6-8-16-9-7-15/h12,16H,6-11H2,1-5H3,(H,17,18). The molecule has 1 rings (SSSR count). The van der Waals surface area contributed by atoms with E-state index in [4.69, 9.17) is 0 Å². The lowest BCUT2D eigenvalue weighted by molar-refractivity contribution is -0.124. The van der Waals surface area contributed by atoms with Crippen LogP contribution in [0.3, 0.4) is 0 Å². The molecular weight excluding hydrogens is 288 g/mol. The molecule has 0 saturated carbocycles. The van der Waals surface area contributed by atoms with Gasteiger partial charge in [-0.15, -0.1) is 0 Å². The van der Waals surface area contributed by atoms with Crippen LogP contribution in [0.2, 0.25) is 0 Å². The van der Waals surface area contributed by atoms with Crippen molar-refractivity contribution in [2.45, 2.75) is 51.7 Å². The zero-order chi connectivity index (χ0) is 16.3. The first-order chi connectivity index (χ1) is 9.50. The molecule has 21 heavy (non-hydrogen) atoms. The number of hydrogen-bond acceptors (Lipinski definition) is 4. The minimum Gasteiger partial charge on any atom is -0.354 e. The number of piperidine rings is 1.